The Labute approximate surface area is 108 Å². The number of aryl methyl sites for hydroxylation is 1. The van der Waals surface area contributed by atoms with Gasteiger partial charge >= 0.3 is 6.18 Å². The van der Waals surface area contributed by atoms with Gasteiger partial charge in [-0.15, -0.1) is 0 Å². The number of anilines is 1. The highest BCUT2D eigenvalue weighted by Crippen LogP contribution is 2.19. The molecule has 1 aromatic rings. The Bertz CT molecular complexity index is 418. The van der Waals surface area contributed by atoms with Crippen LogP contribution in [0.1, 0.15) is 12.0 Å². The number of carbonyl (C=O) groups excluding carboxylic acids is 1. The van der Waals surface area contributed by atoms with Gasteiger partial charge in [0, 0.05) is 12.1 Å². The van der Waals surface area contributed by atoms with Gasteiger partial charge < -0.3 is 16.2 Å². The first-order chi connectivity index (χ1) is 8.79. The predicted molar refractivity (Wildman–Crippen MR) is 64.2 cm³/mol. The minimum Gasteiger partial charge on any atom is -0.399 e. The number of hydrogen-bond donors (Lipinski definition) is 3. The molecule has 0 saturated carbocycles. The molecule has 19 heavy (non-hydrogen) atoms. The molecule has 0 spiro atoms. The number of hydrogen-bond acceptors (Lipinski definition) is 3. The lowest BCUT2D eigenvalue weighted by Gasteiger charge is -2.14. The van der Waals surface area contributed by atoms with Crippen molar-refractivity contribution in [2.75, 3.05) is 12.3 Å². The fourth-order valence-corrected chi connectivity index (χ4v) is 1.36. The zero-order valence-corrected chi connectivity index (χ0v) is 10.1. The number of nitrogen functional groups attached to an aromatic ring is 1. The van der Waals surface area contributed by atoms with Gasteiger partial charge in [-0.1, -0.05) is 12.1 Å². The minimum absolute atomic E-state index is 0.0501. The van der Waals surface area contributed by atoms with Crippen LogP contribution in [0.3, 0.4) is 0 Å². The van der Waals surface area contributed by atoms with Gasteiger partial charge in [0.1, 0.15) is 0 Å². The Morgan fingerprint density at radius 3 is 2.42 bits per heavy atom. The van der Waals surface area contributed by atoms with Crippen LogP contribution >= 0.6 is 0 Å². The molecule has 4 nitrogen and oxygen atoms in total. The van der Waals surface area contributed by atoms with E-state index in [0.29, 0.717) is 12.1 Å². The van der Waals surface area contributed by atoms with Crippen LogP contribution in [0, 0.1) is 0 Å². The van der Waals surface area contributed by atoms with Crippen LogP contribution in [0.5, 0.6) is 0 Å². The van der Waals surface area contributed by atoms with Gasteiger partial charge in [0.25, 0.3) is 0 Å². The van der Waals surface area contributed by atoms with E-state index in [4.69, 9.17) is 10.8 Å². The first-order valence-electron chi connectivity index (χ1n) is 5.65. The normalized spacial score (nSPS) is 13.1. The van der Waals surface area contributed by atoms with Crippen molar-refractivity contribution >= 4 is 11.6 Å². The molecule has 0 aliphatic heterocycles. The second kappa shape index (κ2) is 6.42. The highest BCUT2D eigenvalue weighted by atomic mass is 19.4. The van der Waals surface area contributed by atoms with Gasteiger partial charge in [-0.05, 0) is 24.1 Å². The molecule has 1 aromatic carbocycles. The number of aliphatic hydroxyl groups excluding tert-OH is 1. The fourth-order valence-electron chi connectivity index (χ4n) is 1.36. The fraction of sp³-hybridized carbons (Fsp3) is 0.417. The number of nitrogens with two attached hydrogens (primary N) is 1. The molecule has 0 aliphatic rings. The Morgan fingerprint density at radius 2 is 1.89 bits per heavy atom. The predicted octanol–water partition coefficient (Wildman–Crippen LogP) is 1.24. The van der Waals surface area contributed by atoms with Gasteiger partial charge in [0.05, 0.1) is 6.54 Å². The van der Waals surface area contributed by atoms with Crippen molar-refractivity contribution in [3.8, 4) is 0 Å². The standard InChI is InChI=1S/C12H15F3N2O2/c13-12(14,15)10(18)7-17-11(19)6-3-8-1-4-9(16)5-2-8/h1-2,4-5,10,18H,3,6-7,16H2,(H,17,19). The number of aliphatic hydroxyl groups is 1. The van der Waals surface area contributed by atoms with Crippen LogP contribution < -0.4 is 11.1 Å². The van der Waals surface area contributed by atoms with Crippen molar-refractivity contribution in [1.29, 1.82) is 0 Å². The first-order valence-corrected chi connectivity index (χ1v) is 5.65. The van der Waals surface area contributed by atoms with Crippen LogP contribution in [-0.2, 0) is 11.2 Å². The molecule has 0 fully saturated rings. The van der Waals surface area contributed by atoms with Crippen LogP contribution in [0.4, 0.5) is 18.9 Å². The lowest BCUT2D eigenvalue weighted by atomic mass is 10.1. The molecule has 1 rings (SSSR count). The van der Waals surface area contributed by atoms with E-state index >= 15 is 0 Å². The van der Waals surface area contributed by atoms with Gasteiger partial charge in [-0.25, -0.2) is 0 Å². The molecule has 0 aromatic heterocycles. The third-order valence-electron chi connectivity index (χ3n) is 2.49. The van der Waals surface area contributed by atoms with Crippen LogP contribution in [0.25, 0.3) is 0 Å². The summed E-state index contributed by atoms with van der Waals surface area (Å²) < 4.78 is 35.9. The summed E-state index contributed by atoms with van der Waals surface area (Å²) >= 11 is 0. The van der Waals surface area contributed by atoms with E-state index in [0.717, 1.165) is 5.56 Å². The first kappa shape index (κ1) is 15.3. The Hall–Kier alpha value is -1.76. The third kappa shape index (κ3) is 5.60. The molecule has 4 N–H and O–H groups in total. The zero-order chi connectivity index (χ0) is 14.5. The van der Waals surface area contributed by atoms with Crippen molar-refractivity contribution < 1.29 is 23.1 Å². The number of halogens is 3. The largest absolute Gasteiger partial charge is 0.416 e. The number of carbonyl (C=O) groups is 1. The van der Waals surface area contributed by atoms with Gasteiger partial charge in [-0.2, -0.15) is 13.2 Å². The summed E-state index contributed by atoms with van der Waals surface area (Å²) in [5.74, 6) is -0.542. The SMILES string of the molecule is Nc1ccc(CCC(=O)NCC(O)C(F)(F)F)cc1. The van der Waals surface area contributed by atoms with E-state index in [9.17, 15) is 18.0 Å². The Kier molecular flexibility index (Phi) is 5.17. The summed E-state index contributed by atoms with van der Waals surface area (Å²) in [6.45, 7) is -0.829. The number of benzene rings is 1. The molecule has 1 amide bonds. The van der Waals surface area contributed by atoms with Crippen LogP contribution in [0.15, 0.2) is 24.3 Å². The summed E-state index contributed by atoms with van der Waals surface area (Å²) in [5.41, 5.74) is 6.95. The topological polar surface area (TPSA) is 75.4 Å². The molecule has 7 heteroatoms. The van der Waals surface area contributed by atoms with E-state index in [1.165, 1.54) is 0 Å². The second-order valence-electron chi connectivity index (χ2n) is 4.10. The zero-order valence-electron chi connectivity index (χ0n) is 10.1. The third-order valence-corrected chi connectivity index (χ3v) is 2.49. The summed E-state index contributed by atoms with van der Waals surface area (Å²) in [4.78, 5) is 11.3. The maximum atomic E-state index is 12.0. The quantitative estimate of drug-likeness (QED) is 0.708. The van der Waals surface area contributed by atoms with Gasteiger partial charge in [-0.3, -0.25) is 4.79 Å². The molecular formula is C12H15F3N2O2. The van der Waals surface area contributed by atoms with E-state index in [1.807, 2.05) is 5.32 Å². The van der Waals surface area contributed by atoms with Crippen molar-refractivity contribution in [1.82, 2.24) is 5.32 Å². The average Bonchev–Trinajstić information content (AvgIpc) is 2.34. The maximum absolute atomic E-state index is 12.0. The average molecular weight is 276 g/mol. The molecule has 0 saturated heterocycles. The molecule has 0 bridgehead atoms. The number of rotatable bonds is 5. The van der Waals surface area contributed by atoms with Crippen LogP contribution in [-0.4, -0.2) is 29.8 Å². The monoisotopic (exact) mass is 276 g/mol. The summed E-state index contributed by atoms with van der Waals surface area (Å²) in [5, 5.41) is 10.7. The van der Waals surface area contributed by atoms with Gasteiger partial charge in [0.2, 0.25) is 5.91 Å². The second-order valence-corrected chi connectivity index (χ2v) is 4.10. The van der Waals surface area contributed by atoms with Crippen molar-refractivity contribution in [2.45, 2.75) is 25.1 Å². The van der Waals surface area contributed by atoms with E-state index < -0.39 is 24.7 Å². The molecule has 1 atom stereocenters. The minimum atomic E-state index is -4.72. The summed E-state index contributed by atoms with van der Waals surface area (Å²) in [6.07, 6.45) is -6.81. The maximum Gasteiger partial charge on any atom is 0.416 e. The smallest absolute Gasteiger partial charge is 0.399 e. The van der Waals surface area contributed by atoms with E-state index in [-0.39, 0.29) is 6.42 Å². The Balaban J connectivity index is 2.30. The number of amides is 1. The molecule has 0 aliphatic carbocycles. The summed E-state index contributed by atoms with van der Waals surface area (Å²) in [7, 11) is 0. The molecule has 0 heterocycles. The molecule has 0 radical (unpaired) electrons. The van der Waals surface area contributed by atoms with Crippen molar-refractivity contribution in [2.24, 2.45) is 0 Å². The lowest BCUT2D eigenvalue weighted by Crippen LogP contribution is -2.40. The lowest BCUT2D eigenvalue weighted by molar-refractivity contribution is -0.201. The van der Waals surface area contributed by atoms with E-state index in [2.05, 4.69) is 0 Å². The highest BCUT2D eigenvalue weighted by molar-refractivity contribution is 5.76. The Morgan fingerprint density at radius 1 is 1.32 bits per heavy atom. The number of alkyl halides is 3. The molecule has 106 valence electrons. The van der Waals surface area contributed by atoms with Crippen molar-refractivity contribution in [3.63, 3.8) is 0 Å². The van der Waals surface area contributed by atoms with E-state index in [1.54, 1.807) is 24.3 Å². The number of nitrogens with one attached hydrogen (secondary N) is 1. The van der Waals surface area contributed by atoms with Crippen LogP contribution in [0.2, 0.25) is 0 Å². The van der Waals surface area contributed by atoms with Crippen molar-refractivity contribution in [3.05, 3.63) is 29.8 Å². The molecular weight excluding hydrogens is 261 g/mol. The highest BCUT2D eigenvalue weighted by Gasteiger charge is 2.38. The summed E-state index contributed by atoms with van der Waals surface area (Å²) in [6, 6.07) is 6.85. The van der Waals surface area contributed by atoms with Gasteiger partial charge in [0.15, 0.2) is 6.10 Å². The molecule has 1 unspecified atom stereocenters.